The standard InChI is InChI=1S/C19H17NO3/c1-22-16-11-9-15(10-12-16)19(21)20-18(17-8-5-13-23-17)14-6-3-2-4-7-14/h2-13,18H,1H3,(H,20,21)/t18-/m0/s1. The van der Waals surface area contributed by atoms with Gasteiger partial charge < -0.3 is 14.5 Å². The largest absolute Gasteiger partial charge is 0.497 e. The molecule has 0 bridgehead atoms. The van der Waals surface area contributed by atoms with Crippen LogP contribution in [0.25, 0.3) is 0 Å². The number of carbonyl (C=O) groups excluding carboxylic acids is 1. The molecule has 2 aromatic carbocycles. The van der Waals surface area contributed by atoms with Crippen LogP contribution in [0.3, 0.4) is 0 Å². The van der Waals surface area contributed by atoms with Crippen LogP contribution in [0, 0.1) is 0 Å². The van der Waals surface area contributed by atoms with Gasteiger partial charge in [-0.15, -0.1) is 0 Å². The van der Waals surface area contributed by atoms with E-state index in [4.69, 9.17) is 9.15 Å². The van der Waals surface area contributed by atoms with E-state index in [1.54, 1.807) is 37.6 Å². The molecule has 116 valence electrons. The molecule has 0 aliphatic heterocycles. The van der Waals surface area contributed by atoms with Gasteiger partial charge in [0.2, 0.25) is 0 Å². The van der Waals surface area contributed by atoms with Gasteiger partial charge in [-0.05, 0) is 42.0 Å². The van der Waals surface area contributed by atoms with Crippen molar-refractivity contribution < 1.29 is 13.9 Å². The first-order valence-electron chi connectivity index (χ1n) is 7.31. The zero-order valence-corrected chi connectivity index (χ0v) is 12.7. The lowest BCUT2D eigenvalue weighted by Crippen LogP contribution is -2.29. The number of carbonyl (C=O) groups is 1. The Morgan fingerprint density at radius 1 is 1.00 bits per heavy atom. The summed E-state index contributed by atoms with van der Waals surface area (Å²) < 4.78 is 10.6. The molecule has 1 amide bonds. The van der Waals surface area contributed by atoms with Crippen LogP contribution >= 0.6 is 0 Å². The monoisotopic (exact) mass is 307 g/mol. The normalized spacial score (nSPS) is 11.7. The Balaban J connectivity index is 1.85. The SMILES string of the molecule is COc1ccc(C(=O)N[C@@H](c2ccccc2)c2ccco2)cc1. The minimum Gasteiger partial charge on any atom is -0.497 e. The number of amides is 1. The van der Waals surface area contributed by atoms with Gasteiger partial charge in [-0.2, -0.15) is 0 Å². The third-order valence-electron chi connectivity index (χ3n) is 3.59. The smallest absolute Gasteiger partial charge is 0.252 e. The molecule has 3 rings (SSSR count). The average molecular weight is 307 g/mol. The second-order valence-corrected chi connectivity index (χ2v) is 5.06. The van der Waals surface area contributed by atoms with Crippen LogP contribution in [0.4, 0.5) is 0 Å². The number of rotatable bonds is 5. The number of furan rings is 1. The van der Waals surface area contributed by atoms with E-state index in [1.807, 2.05) is 42.5 Å². The van der Waals surface area contributed by atoms with Gasteiger partial charge in [-0.25, -0.2) is 0 Å². The van der Waals surface area contributed by atoms with Gasteiger partial charge in [0.1, 0.15) is 17.6 Å². The van der Waals surface area contributed by atoms with Crippen molar-refractivity contribution in [3.05, 3.63) is 89.9 Å². The zero-order valence-electron chi connectivity index (χ0n) is 12.7. The van der Waals surface area contributed by atoms with Crippen molar-refractivity contribution in [2.45, 2.75) is 6.04 Å². The van der Waals surface area contributed by atoms with Crippen LogP contribution < -0.4 is 10.1 Å². The summed E-state index contributed by atoms with van der Waals surface area (Å²) in [5.41, 5.74) is 1.53. The molecule has 23 heavy (non-hydrogen) atoms. The molecule has 1 heterocycles. The van der Waals surface area contributed by atoms with Crippen LogP contribution in [0.15, 0.2) is 77.4 Å². The molecule has 1 N–H and O–H groups in total. The molecule has 1 atom stereocenters. The van der Waals surface area contributed by atoms with Crippen molar-refractivity contribution in [2.75, 3.05) is 7.11 Å². The van der Waals surface area contributed by atoms with Crippen LogP contribution in [-0.4, -0.2) is 13.0 Å². The minimum absolute atomic E-state index is 0.169. The van der Waals surface area contributed by atoms with Gasteiger partial charge in [-0.3, -0.25) is 4.79 Å². The first-order chi connectivity index (χ1) is 11.3. The molecule has 0 unspecified atom stereocenters. The molecule has 1 aromatic heterocycles. The maximum absolute atomic E-state index is 12.5. The summed E-state index contributed by atoms with van der Waals surface area (Å²) in [6.45, 7) is 0. The summed E-state index contributed by atoms with van der Waals surface area (Å²) in [5.74, 6) is 1.24. The van der Waals surface area contributed by atoms with Crippen molar-refractivity contribution in [1.82, 2.24) is 5.32 Å². The fourth-order valence-electron chi connectivity index (χ4n) is 2.38. The van der Waals surface area contributed by atoms with E-state index < -0.39 is 0 Å². The van der Waals surface area contributed by atoms with E-state index in [0.717, 1.165) is 5.56 Å². The lowest BCUT2D eigenvalue weighted by atomic mass is 10.0. The fourth-order valence-corrected chi connectivity index (χ4v) is 2.38. The third-order valence-corrected chi connectivity index (χ3v) is 3.59. The Bertz CT molecular complexity index is 749. The number of nitrogens with one attached hydrogen (secondary N) is 1. The van der Waals surface area contributed by atoms with Crippen LogP contribution in [0.1, 0.15) is 27.7 Å². The maximum atomic E-state index is 12.5. The Kier molecular flexibility index (Phi) is 4.43. The molecule has 0 saturated carbocycles. The number of methoxy groups -OCH3 is 1. The summed E-state index contributed by atoms with van der Waals surface area (Å²) in [4.78, 5) is 12.5. The van der Waals surface area contributed by atoms with E-state index in [0.29, 0.717) is 17.1 Å². The van der Waals surface area contributed by atoms with Crippen molar-refractivity contribution in [3.8, 4) is 5.75 Å². The lowest BCUT2D eigenvalue weighted by Gasteiger charge is -2.17. The molecule has 0 spiro atoms. The van der Waals surface area contributed by atoms with Gasteiger partial charge in [0.15, 0.2) is 0 Å². The van der Waals surface area contributed by atoms with E-state index in [1.165, 1.54) is 0 Å². The highest BCUT2D eigenvalue weighted by Crippen LogP contribution is 2.23. The quantitative estimate of drug-likeness (QED) is 0.780. The fraction of sp³-hybridized carbons (Fsp3) is 0.105. The maximum Gasteiger partial charge on any atom is 0.252 e. The number of hydrogen-bond donors (Lipinski definition) is 1. The van der Waals surface area contributed by atoms with E-state index >= 15 is 0 Å². The Morgan fingerprint density at radius 2 is 1.74 bits per heavy atom. The molecular formula is C19H17NO3. The number of hydrogen-bond acceptors (Lipinski definition) is 3. The molecule has 4 heteroatoms. The van der Waals surface area contributed by atoms with E-state index in [2.05, 4.69) is 5.32 Å². The van der Waals surface area contributed by atoms with Crippen LogP contribution in [-0.2, 0) is 0 Å². The Hall–Kier alpha value is -3.01. The molecule has 0 aliphatic rings. The molecule has 4 nitrogen and oxygen atoms in total. The summed E-state index contributed by atoms with van der Waals surface area (Å²) in [5, 5.41) is 3.02. The van der Waals surface area contributed by atoms with Gasteiger partial charge in [0.25, 0.3) is 5.91 Å². The molecular weight excluding hydrogens is 290 g/mol. The summed E-state index contributed by atoms with van der Waals surface area (Å²) in [7, 11) is 1.59. The Labute approximate surface area is 134 Å². The molecule has 0 fully saturated rings. The molecule has 3 aromatic rings. The second-order valence-electron chi connectivity index (χ2n) is 5.06. The summed E-state index contributed by atoms with van der Waals surface area (Å²) >= 11 is 0. The number of ether oxygens (including phenoxy) is 1. The summed E-state index contributed by atoms with van der Waals surface area (Å²) in [6, 6.07) is 20.1. The van der Waals surface area contributed by atoms with Gasteiger partial charge in [0, 0.05) is 5.56 Å². The van der Waals surface area contributed by atoms with Crippen molar-refractivity contribution in [1.29, 1.82) is 0 Å². The summed E-state index contributed by atoms with van der Waals surface area (Å²) in [6.07, 6.45) is 1.60. The second kappa shape index (κ2) is 6.83. The highest BCUT2D eigenvalue weighted by atomic mass is 16.5. The topological polar surface area (TPSA) is 51.5 Å². The van der Waals surface area contributed by atoms with Crippen LogP contribution in [0.5, 0.6) is 5.75 Å². The molecule has 0 saturated heterocycles. The highest BCUT2D eigenvalue weighted by molar-refractivity contribution is 5.94. The third kappa shape index (κ3) is 3.43. The minimum atomic E-state index is -0.333. The van der Waals surface area contributed by atoms with E-state index in [-0.39, 0.29) is 11.9 Å². The van der Waals surface area contributed by atoms with Crippen LogP contribution in [0.2, 0.25) is 0 Å². The first-order valence-corrected chi connectivity index (χ1v) is 7.31. The molecule has 0 radical (unpaired) electrons. The average Bonchev–Trinajstić information content (AvgIpc) is 3.14. The van der Waals surface area contributed by atoms with Crippen molar-refractivity contribution in [3.63, 3.8) is 0 Å². The predicted molar refractivity (Wildman–Crippen MR) is 87.5 cm³/mol. The zero-order chi connectivity index (χ0) is 16.1. The molecule has 0 aliphatic carbocycles. The van der Waals surface area contributed by atoms with Gasteiger partial charge in [0.05, 0.1) is 13.4 Å². The van der Waals surface area contributed by atoms with Crippen molar-refractivity contribution in [2.24, 2.45) is 0 Å². The highest BCUT2D eigenvalue weighted by Gasteiger charge is 2.20. The number of benzene rings is 2. The predicted octanol–water partition coefficient (Wildman–Crippen LogP) is 3.81. The Morgan fingerprint density at radius 3 is 2.35 bits per heavy atom. The first kappa shape index (κ1) is 14.9. The van der Waals surface area contributed by atoms with Gasteiger partial charge in [-0.1, -0.05) is 30.3 Å². The van der Waals surface area contributed by atoms with E-state index in [9.17, 15) is 4.79 Å². The lowest BCUT2D eigenvalue weighted by molar-refractivity contribution is 0.0939. The van der Waals surface area contributed by atoms with Crippen molar-refractivity contribution >= 4 is 5.91 Å². The van der Waals surface area contributed by atoms with Gasteiger partial charge >= 0.3 is 0 Å².